The van der Waals surface area contributed by atoms with Crippen LogP contribution in [0.15, 0.2) is 23.5 Å². The second-order valence-electron chi connectivity index (χ2n) is 4.07. The molecule has 1 aliphatic rings. The Morgan fingerprint density at radius 1 is 1.50 bits per heavy atom. The summed E-state index contributed by atoms with van der Waals surface area (Å²) in [6.45, 7) is 6.42. The van der Waals surface area contributed by atoms with Crippen molar-refractivity contribution in [3.8, 4) is 0 Å². The van der Waals surface area contributed by atoms with Crippen molar-refractivity contribution in [1.29, 1.82) is 0 Å². The fraction of sp³-hybridized carbons (Fsp3) is 0.455. The summed E-state index contributed by atoms with van der Waals surface area (Å²) in [7, 11) is 0. The molecule has 2 rings (SSSR count). The van der Waals surface area contributed by atoms with E-state index in [4.69, 9.17) is 0 Å². The molecule has 2 heterocycles. The highest BCUT2D eigenvalue weighted by Gasteiger charge is 2.11. The lowest BCUT2D eigenvalue weighted by Gasteiger charge is -2.25. The summed E-state index contributed by atoms with van der Waals surface area (Å²) < 4.78 is 0. The Labute approximate surface area is 84.5 Å². The highest BCUT2D eigenvalue weighted by molar-refractivity contribution is 5.66. The molecule has 0 saturated heterocycles. The van der Waals surface area contributed by atoms with E-state index >= 15 is 0 Å². The maximum atomic E-state index is 4.39. The third kappa shape index (κ3) is 1.92. The predicted octanol–water partition coefficient (Wildman–Crippen LogP) is 2.21. The van der Waals surface area contributed by atoms with Crippen molar-refractivity contribution in [2.24, 2.45) is 10.9 Å². The van der Waals surface area contributed by atoms with E-state index < -0.39 is 0 Å². The van der Waals surface area contributed by atoms with E-state index in [1.54, 1.807) is 6.20 Å². The van der Waals surface area contributed by atoms with Crippen molar-refractivity contribution in [3.05, 3.63) is 24.0 Å². The van der Waals surface area contributed by atoms with Crippen molar-refractivity contribution in [2.45, 2.75) is 20.4 Å². The zero-order valence-corrected chi connectivity index (χ0v) is 8.64. The third-order valence-corrected chi connectivity index (χ3v) is 2.21. The monoisotopic (exact) mass is 189 g/mol. The fourth-order valence-corrected chi connectivity index (χ4v) is 1.65. The van der Waals surface area contributed by atoms with Crippen LogP contribution < -0.4 is 0 Å². The van der Waals surface area contributed by atoms with Crippen molar-refractivity contribution in [2.75, 3.05) is 6.54 Å². The van der Waals surface area contributed by atoms with Gasteiger partial charge in [0.25, 0.3) is 0 Å². The number of aliphatic imine (C=N–C) groups is 1. The number of fused-ring (bicyclic) bond motifs is 1. The molecule has 0 amide bonds. The third-order valence-electron chi connectivity index (χ3n) is 2.21. The smallest absolute Gasteiger partial charge is 0.0915 e. The molecule has 0 saturated carbocycles. The summed E-state index contributed by atoms with van der Waals surface area (Å²) in [5.74, 6) is 0.666. The zero-order valence-electron chi connectivity index (χ0n) is 8.64. The number of nitrogens with zero attached hydrogens (tertiary/aromatic N) is 3. The second kappa shape index (κ2) is 3.78. The minimum absolute atomic E-state index is 0.666. The van der Waals surface area contributed by atoms with Gasteiger partial charge >= 0.3 is 0 Å². The van der Waals surface area contributed by atoms with E-state index in [0.29, 0.717) is 5.92 Å². The number of aromatic nitrogens is 1. The van der Waals surface area contributed by atoms with E-state index in [9.17, 15) is 0 Å². The van der Waals surface area contributed by atoms with Crippen LogP contribution in [0.1, 0.15) is 19.4 Å². The number of rotatable bonds is 2. The van der Waals surface area contributed by atoms with Crippen molar-refractivity contribution in [1.82, 2.24) is 9.88 Å². The van der Waals surface area contributed by atoms with Crippen molar-refractivity contribution in [3.63, 3.8) is 0 Å². The predicted molar refractivity (Wildman–Crippen MR) is 57.6 cm³/mol. The van der Waals surface area contributed by atoms with Crippen LogP contribution in [0, 0.1) is 5.92 Å². The van der Waals surface area contributed by atoms with E-state index in [2.05, 4.69) is 28.7 Å². The average Bonchev–Trinajstić information content (AvgIpc) is 2.17. The van der Waals surface area contributed by atoms with Gasteiger partial charge in [0.15, 0.2) is 0 Å². The van der Waals surface area contributed by atoms with Gasteiger partial charge < -0.3 is 4.90 Å². The molecular weight excluding hydrogens is 174 g/mol. The molecule has 0 aliphatic carbocycles. The fourth-order valence-electron chi connectivity index (χ4n) is 1.65. The van der Waals surface area contributed by atoms with E-state index in [1.165, 1.54) is 5.56 Å². The Hall–Kier alpha value is -1.38. The van der Waals surface area contributed by atoms with Gasteiger partial charge in [0.2, 0.25) is 0 Å². The Balaban J connectivity index is 2.13. The Bertz CT molecular complexity index is 344. The molecule has 14 heavy (non-hydrogen) atoms. The molecule has 0 spiro atoms. The number of hydrogen-bond donors (Lipinski definition) is 0. The first-order chi connectivity index (χ1) is 6.75. The molecule has 0 unspecified atom stereocenters. The molecule has 0 aromatic carbocycles. The first kappa shape index (κ1) is 9.19. The summed E-state index contributed by atoms with van der Waals surface area (Å²) in [5.41, 5.74) is 2.27. The highest BCUT2D eigenvalue weighted by Crippen LogP contribution is 2.22. The van der Waals surface area contributed by atoms with Crippen LogP contribution in [0.4, 0.5) is 5.69 Å². The van der Waals surface area contributed by atoms with Crippen LogP contribution in [0.3, 0.4) is 0 Å². The molecule has 3 heteroatoms. The van der Waals surface area contributed by atoms with Gasteiger partial charge in [-0.15, -0.1) is 0 Å². The van der Waals surface area contributed by atoms with Gasteiger partial charge in [-0.1, -0.05) is 13.8 Å². The standard InChI is InChI=1S/C11H15N3/c1-9(2)6-14-7-10-5-12-4-3-11(10)13-8-14/h3-5,8-9H,6-7H2,1-2H3. The molecule has 0 atom stereocenters. The van der Waals surface area contributed by atoms with Gasteiger partial charge in [-0.05, 0) is 12.0 Å². The Morgan fingerprint density at radius 3 is 3.14 bits per heavy atom. The maximum absolute atomic E-state index is 4.39. The van der Waals surface area contributed by atoms with Gasteiger partial charge in [-0.2, -0.15) is 0 Å². The Kier molecular flexibility index (Phi) is 2.48. The van der Waals surface area contributed by atoms with Crippen molar-refractivity contribution < 1.29 is 0 Å². The Morgan fingerprint density at radius 2 is 2.36 bits per heavy atom. The van der Waals surface area contributed by atoms with Gasteiger partial charge in [-0.3, -0.25) is 4.98 Å². The molecule has 0 radical (unpaired) electrons. The highest BCUT2D eigenvalue weighted by atomic mass is 15.2. The summed E-state index contributed by atoms with van der Waals surface area (Å²) in [6, 6.07) is 1.96. The topological polar surface area (TPSA) is 28.5 Å². The minimum Gasteiger partial charge on any atom is -0.358 e. The lowest BCUT2D eigenvalue weighted by Crippen LogP contribution is -2.27. The van der Waals surface area contributed by atoms with E-state index in [0.717, 1.165) is 18.8 Å². The normalized spacial score (nSPS) is 14.6. The quantitative estimate of drug-likeness (QED) is 0.713. The van der Waals surface area contributed by atoms with Crippen molar-refractivity contribution >= 4 is 12.0 Å². The summed E-state index contributed by atoms with van der Waals surface area (Å²) in [4.78, 5) is 10.7. The van der Waals surface area contributed by atoms with Crippen LogP contribution in [-0.2, 0) is 6.54 Å². The van der Waals surface area contributed by atoms with Gasteiger partial charge in [0, 0.05) is 31.0 Å². The van der Waals surface area contributed by atoms with Crippen LogP contribution in [0.25, 0.3) is 0 Å². The minimum atomic E-state index is 0.666. The lowest BCUT2D eigenvalue weighted by molar-refractivity contribution is 0.365. The summed E-state index contributed by atoms with van der Waals surface area (Å²) in [5, 5.41) is 0. The van der Waals surface area contributed by atoms with Crippen LogP contribution in [0.2, 0.25) is 0 Å². The number of hydrogen-bond acceptors (Lipinski definition) is 3. The second-order valence-corrected chi connectivity index (χ2v) is 4.07. The molecule has 0 bridgehead atoms. The van der Waals surface area contributed by atoms with Gasteiger partial charge in [-0.25, -0.2) is 4.99 Å². The van der Waals surface area contributed by atoms with Crippen LogP contribution in [0.5, 0.6) is 0 Å². The molecule has 3 nitrogen and oxygen atoms in total. The van der Waals surface area contributed by atoms with Crippen LogP contribution >= 0.6 is 0 Å². The zero-order chi connectivity index (χ0) is 9.97. The molecule has 0 N–H and O–H groups in total. The van der Waals surface area contributed by atoms with E-state index in [-0.39, 0.29) is 0 Å². The average molecular weight is 189 g/mol. The summed E-state index contributed by atoms with van der Waals surface area (Å²) in [6.07, 6.45) is 5.62. The van der Waals surface area contributed by atoms with E-state index in [1.807, 2.05) is 18.6 Å². The molecule has 1 aromatic heterocycles. The maximum Gasteiger partial charge on any atom is 0.0915 e. The molecule has 1 aliphatic heterocycles. The number of pyridine rings is 1. The van der Waals surface area contributed by atoms with Gasteiger partial charge in [0.1, 0.15) is 0 Å². The molecule has 0 fully saturated rings. The first-order valence-corrected chi connectivity index (χ1v) is 4.97. The molecular formula is C11H15N3. The largest absolute Gasteiger partial charge is 0.358 e. The molecule has 1 aromatic rings. The lowest BCUT2D eigenvalue weighted by atomic mass is 10.1. The van der Waals surface area contributed by atoms with Gasteiger partial charge in [0.05, 0.1) is 12.0 Å². The van der Waals surface area contributed by atoms with Crippen LogP contribution in [-0.4, -0.2) is 22.8 Å². The SMILES string of the molecule is CC(C)CN1C=Nc2ccncc2C1. The first-order valence-electron chi connectivity index (χ1n) is 4.97. The molecule has 74 valence electrons. The summed E-state index contributed by atoms with van der Waals surface area (Å²) >= 11 is 0.